The van der Waals surface area contributed by atoms with E-state index in [9.17, 15) is 9.59 Å². The topological polar surface area (TPSA) is 83.4 Å². The molecule has 1 aliphatic rings. The lowest BCUT2D eigenvalue weighted by molar-refractivity contribution is -0.121. The number of hydrogen-bond acceptors (Lipinski definition) is 7. The molecule has 1 fully saturated rings. The van der Waals surface area contributed by atoms with Crippen molar-refractivity contribution in [2.75, 3.05) is 37.6 Å². The standard InChI is InChI=1S/C20H23ClN6O2S/c1-2-25-7-9-26(10-8-25)20-24-18-17(30-20)19(29)27(13-23-18)12-16(28)22-11-14-5-3-4-6-15(14)21/h3-6,13H,2,7-12H2,1H3,(H,22,28). The van der Waals surface area contributed by atoms with E-state index >= 15 is 0 Å². The molecule has 1 aromatic carbocycles. The van der Waals surface area contributed by atoms with Gasteiger partial charge in [-0.1, -0.05) is 48.1 Å². The van der Waals surface area contributed by atoms with Crippen LogP contribution in [0, 0.1) is 0 Å². The van der Waals surface area contributed by atoms with E-state index < -0.39 is 0 Å². The van der Waals surface area contributed by atoms with E-state index in [1.165, 1.54) is 22.2 Å². The van der Waals surface area contributed by atoms with E-state index in [4.69, 9.17) is 11.6 Å². The predicted octanol–water partition coefficient (Wildman–Crippen LogP) is 1.96. The molecule has 1 aliphatic heterocycles. The number of rotatable bonds is 6. The summed E-state index contributed by atoms with van der Waals surface area (Å²) in [7, 11) is 0. The molecule has 0 atom stereocenters. The average Bonchev–Trinajstić information content (AvgIpc) is 3.20. The number of carbonyl (C=O) groups is 1. The number of likely N-dealkylation sites (N-methyl/N-ethyl adjacent to an activating group) is 1. The first-order chi connectivity index (χ1) is 14.5. The van der Waals surface area contributed by atoms with E-state index in [2.05, 4.69) is 32.0 Å². The smallest absolute Gasteiger partial charge is 0.273 e. The first kappa shape index (κ1) is 20.8. The Morgan fingerprint density at radius 1 is 1.23 bits per heavy atom. The van der Waals surface area contributed by atoms with E-state index in [1.807, 2.05) is 18.2 Å². The maximum absolute atomic E-state index is 12.9. The molecule has 1 saturated heterocycles. The van der Waals surface area contributed by atoms with Crippen molar-refractivity contribution in [3.63, 3.8) is 0 Å². The van der Waals surface area contributed by atoms with Gasteiger partial charge in [-0.15, -0.1) is 0 Å². The Morgan fingerprint density at radius 2 is 2.00 bits per heavy atom. The highest BCUT2D eigenvalue weighted by atomic mass is 35.5. The van der Waals surface area contributed by atoms with Gasteiger partial charge in [0.15, 0.2) is 10.8 Å². The zero-order valence-electron chi connectivity index (χ0n) is 16.7. The molecule has 0 spiro atoms. The third-order valence-electron chi connectivity index (χ3n) is 5.21. The summed E-state index contributed by atoms with van der Waals surface area (Å²) in [6.45, 7) is 7.12. The number of piperazine rings is 1. The molecule has 4 rings (SSSR count). The molecule has 10 heteroatoms. The average molecular weight is 447 g/mol. The van der Waals surface area contributed by atoms with Gasteiger partial charge in [0.1, 0.15) is 17.6 Å². The van der Waals surface area contributed by atoms with Crippen LogP contribution in [0.25, 0.3) is 10.3 Å². The monoisotopic (exact) mass is 446 g/mol. The van der Waals surface area contributed by atoms with E-state index in [0.717, 1.165) is 43.4 Å². The second-order valence-electron chi connectivity index (χ2n) is 7.12. The van der Waals surface area contributed by atoms with Crippen LogP contribution in [-0.4, -0.2) is 58.1 Å². The Hall–Kier alpha value is -2.49. The maximum Gasteiger partial charge on any atom is 0.273 e. The van der Waals surface area contributed by atoms with Gasteiger partial charge in [0.25, 0.3) is 5.56 Å². The Morgan fingerprint density at radius 3 is 2.73 bits per heavy atom. The fourth-order valence-electron chi connectivity index (χ4n) is 3.38. The number of anilines is 1. The molecule has 0 bridgehead atoms. The summed E-state index contributed by atoms with van der Waals surface area (Å²) in [4.78, 5) is 38.6. The minimum Gasteiger partial charge on any atom is -0.350 e. The molecule has 0 radical (unpaired) electrons. The third-order valence-corrected chi connectivity index (χ3v) is 6.67. The van der Waals surface area contributed by atoms with Crippen molar-refractivity contribution in [2.24, 2.45) is 0 Å². The minimum absolute atomic E-state index is 0.103. The normalized spacial score (nSPS) is 14.9. The number of amides is 1. The number of fused-ring (bicyclic) bond motifs is 1. The Bertz CT molecular complexity index is 1110. The van der Waals surface area contributed by atoms with Gasteiger partial charge in [0.2, 0.25) is 5.91 Å². The number of hydrogen-bond donors (Lipinski definition) is 1. The molecule has 0 unspecified atom stereocenters. The van der Waals surface area contributed by atoms with Gasteiger partial charge in [-0.2, -0.15) is 4.98 Å². The van der Waals surface area contributed by atoms with Crippen LogP contribution < -0.4 is 15.8 Å². The van der Waals surface area contributed by atoms with E-state index in [1.54, 1.807) is 6.07 Å². The number of benzene rings is 1. The number of carbonyl (C=O) groups excluding carboxylic acids is 1. The number of thiazole rings is 1. The summed E-state index contributed by atoms with van der Waals surface area (Å²) in [5.41, 5.74) is 1.01. The third kappa shape index (κ3) is 4.48. The summed E-state index contributed by atoms with van der Waals surface area (Å²) in [6.07, 6.45) is 1.39. The summed E-state index contributed by atoms with van der Waals surface area (Å²) in [6, 6.07) is 7.32. The van der Waals surface area contributed by atoms with Crippen LogP contribution in [-0.2, 0) is 17.9 Å². The van der Waals surface area contributed by atoms with Crippen LogP contribution in [0.5, 0.6) is 0 Å². The molecule has 3 aromatic rings. The van der Waals surface area contributed by atoms with Crippen molar-refractivity contribution >= 4 is 44.3 Å². The zero-order valence-corrected chi connectivity index (χ0v) is 18.2. The quantitative estimate of drug-likeness (QED) is 0.623. The highest BCUT2D eigenvalue weighted by Gasteiger charge is 2.20. The first-order valence-corrected chi connectivity index (χ1v) is 11.1. The fraction of sp³-hybridized carbons (Fsp3) is 0.400. The van der Waals surface area contributed by atoms with Crippen molar-refractivity contribution in [2.45, 2.75) is 20.0 Å². The summed E-state index contributed by atoms with van der Waals surface area (Å²) < 4.78 is 1.80. The first-order valence-electron chi connectivity index (χ1n) is 9.88. The van der Waals surface area contributed by atoms with Gasteiger partial charge in [-0.05, 0) is 18.2 Å². The molecule has 158 valence electrons. The highest BCUT2D eigenvalue weighted by molar-refractivity contribution is 7.22. The lowest BCUT2D eigenvalue weighted by atomic mass is 10.2. The van der Waals surface area contributed by atoms with Crippen molar-refractivity contribution in [1.82, 2.24) is 24.8 Å². The predicted molar refractivity (Wildman–Crippen MR) is 119 cm³/mol. The molecule has 30 heavy (non-hydrogen) atoms. The summed E-state index contributed by atoms with van der Waals surface area (Å²) in [5, 5.41) is 4.20. The molecule has 0 saturated carbocycles. The lowest BCUT2D eigenvalue weighted by Crippen LogP contribution is -2.46. The van der Waals surface area contributed by atoms with Crippen LogP contribution in [0.1, 0.15) is 12.5 Å². The molecule has 3 heterocycles. The minimum atomic E-state index is -0.279. The fourth-order valence-corrected chi connectivity index (χ4v) is 4.61. The SMILES string of the molecule is CCN1CCN(c2nc3ncn(CC(=O)NCc4ccccc4Cl)c(=O)c3s2)CC1. The molecule has 8 nitrogen and oxygen atoms in total. The van der Waals surface area contributed by atoms with Crippen molar-refractivity contribution < 1.29 is 4.79 Å². The Kier molecular flexibility index (Phi) is 6.31. The van der Waals surface area contributed by atoms with E-state index in [-0.39, 0.29) is 18.0 Å². The van der Waals surface area contributed by atoms with Gasteiger partial charge >= 0.3 is 0 Å². The summed E-state index contributed by atoms with van der Waals surface area (Å²) in [5.74, 6) is -0.279. The molecular weight excluding hydrogens is 424 g/mol. The Balaban J connectivity index is 1.45. The molecule has 0 aliphatic carbocycles. The number of nitrogens with one attached hydrogen (secondary N) is 1. The summed E-state index contributed by atoms with van der Waals surface area (Å²) >= 11 is 7.46. The van der Waals surface area contributed by atoms with Crippen molar-refractivity contribution in [3.05, 3.63) is 51.5 Å². The zero-order chi connectivity index (χ0) is 21.1. The van der Waals surface area contributed by atoms with Gasteiger partial charge in [-0.3, -0.25) is 14.2 Å². The van der Waals surface area contributed by atoms with Crippen molar-refractivity contribution in [3.8, 4) is 0 Å². The number of halogens is 1. The van der Waals surface area contributed by atoms with Crippen LogP contribution in [0.3, 0.4) is 0 Å². The van der Waals surface area contributed by atoms with Crippen LogP contribution in [0.15, 0.2) is 35.4 Å². The van der Waals surface area contributed by atoms with Crippen LogP contribution >= 0.6 is 22.9 Å². The highest BCUT2D eigenvalue weighted by Crippen LogP contribution is 2.26. The maximum atomic E-state index is 12.9. The van der Waals surface area contributed by atoms with Gasteiger partial charge in [0, 0.05) is 37.7 Å². The molecule has 1 amide bonds. The largest absolute Gasteiger partial charge is 0.350 e. The Labute approximate surface area is 183 Å². The van der Waals surface area contributed by atoms with Gasteiger partial charge in [-0.25, -0.2) is 4.98 Å². The number of nitrogens with zero attached hydrogens (tertiary/aromatic N) is 5. The van der Waals surface area contributed by atoms with Crippen molar-refractivity contribution in [1.29, 1.82) is 0 Å². The van der Waals surface area contributed by atoms with Gasteiger partial charge < -0.3 is 15.1 Å². The molecular formula is C20H23ClN6O2S. The molecule has 2 aromatic heterocycles. The second-order valence-corrected chi connectivity index (χ2v) is 8.50. The molecule has 1 N–H and O–H groups in total. The van der Waals surface area contributed by atoms with E-state index in [0.29, 0.717) is 21.9 Å². The van der Waals surface area contributed by atoms with Gasteiger partial charge in [0.05, 0.1) is 0 Å². The lowest BCUT2D eigenvalue weighted by Gasteiger charge is -2.33. The van der Waals surface area contributed by atoms with Crippen LogP contribution in [0.2, 0.25) is 5.02 Å². The number of aromatic nitrogens is 3. The van der Waals surface area contributed by atoms with Crippen LogP contribution in [0.4, 0.5) is 5.13 Å². The second kappa shape index (κ2) is 9.11.